The van der Waals surface area contributed by atoms with Crippen LogP contribution < -0.4 is 0 Å². The first kappa shape index (κ1) is 22.4. The molecule has 33 heavy (non-hydrogen) atoms. The third-order valence-electron chi connectivity index (χ3n) is 7.10. The average molecular weight is 467 g/mol. The van der Waals surface area contributed by atoms with Crippen LogP contribution in [0.2, 0.25) is 0 Å². The molecule has 0 amide bonds. The van der Waals surface area contributed by atoms with Gasteiger partial charge in [-0.25, -0.2) is 0 Å². The maximum atomic E-state index is 4.60. The minimum atomic E-state index is 0.00566. The first-order valence-electron chi connectivity index (χ1n) is 11.9. The van der Waals surface area contributed by atoms with Gasteiger partial charge in [0.15, 0.2) is 0 Å². The Hall–Kier alpha value is -2.42. The second-order valence-electron chi connectivity index (χ2n) is 8.99. The van der Waals surface area contributed by atoms with Crippen LogP contribution in [0.3, 0.4) is 0 Å². The van der Waals surface area contributed by atoms with E-state index in [9.17, 15) is 0 Å². The van der Waals surface area contributed by atoms with Crippen LogP contribution in [-0.2, 0) is 5.41 Å². The van der Waals surface area contributed by atoms with E-state index in [-0.39, 0.29) is 5.41 Å². The highest BCUT2D eigenvalue weighted by Crippen LogP contribution is 2.55. The standard InChI is InChI=1S/C31H30S2/c32-19-7-17-31(18-8-20-33)29-21-25(23-9-3-1-4-10-23)13-15-27(29)28-16-14-26(22-30(28)31)24-11-5-2-6-12-24/h1-6,9-16,21-22,32-33H,7-8,17-20H2. The summed E-state index contributed by atoms with van der Waals surface area (Å²) >= 11 is 9.20. The molecule has 0 radical (unpaired) electrons. The minimum Gasteiger partial charge on any atom is -0.179 e. The van der Waals surface area contributed by atoms with Gasteiger partial charge in [-0.1, -0.05) is 84.9 Å². The Morgan fingerprint density at radius 1 is 0.485 bits per heavy atom. The zero-order valence-corrected chi connectivity index (χ0v) is 20.7. The molecule has 1 aliphatic carbocycles. The topological polar surface area (TPSA) is 0 Å². The maximum absolute atomic E-state index is 4.60. The van der Waals surface area contributed by atoms with Gasteiger partial charge in [-0.2, -0.15) is 25.3 Å². The minimum absolute atomic E-state index is 0.00566. The lowest BCUT2D eigenvalue weighted by Crippen LogP contribution is -2.26. The molecular weight excluding hydrogens is 436 g/mol. The monoisotopic (exact) mass is 466 g/mol. The lowest BCUT2D eigenvalue weighted by Gasteiger charge is -2.33. The molecule has 0 nitrogen and oxygen atoms in total. The van der Waals surface area contributed by atoms with Crippen molar-refractivity contribution in [3.63, 3.8) is 0 Å². The van der Waals surface area contributed by atoms with Crippen molar-refractivity contribution in [2.24, 2.45) is 0 Å². The largest absolute Gasteiger partial charge is 0.179 e. The fourth-order valence-corrected chi connectivity index (χ4v) is 5.86. The van der Waals surface area contributed by atoms with Crippen molar-refractivity contribution in [3.8, 4) is 33.4 Å². The number of rotatable bonds is 8. The Kier molecular flexibility index (Phi) is 6.66. The van der Waals surface area contributed by atoms with E-state index >= 15 is 0 Å². The van der Waals surface area contributed by atoms with E-state index < -0.39 is 0 Å². The van der Waals surface area contributed by atoms with E-state index in [1.54, 1.807) is 0 Å². The molecule has 2 heteroatoms. The summed E-state index contributed by atoms with van der Waals surface area (Å²) in [5.41, 5.74) is 10.9. The van der Waals surface area contributed by atoms with Gasteiger partial charge >= 0.3 is 0 Å². The van der Waals surface area contributed by atoms with Crippen LogP contribution in [0.5, 0.6) is 0 Å². The molecule has 0 heterocycles. The highest BCUT2D eigenvalue weighted by molar-refractivity contribution is 7.80. The molecule has 5 rings (SSSR count). The van der Waals surface area contributed by atoms with Crippen LogP contribution in [0.15, 0.2) is 97.1 Å². The van der Waals surface area contributed by atoms with Crippen LogP contribution in [0.1, 0.15) is 36.8 Å². The molecule has 0 atom stereocenters. The van der Waals surface area contributed by atoms with Crippen molar-refractivity contribution in [2.45, 2.75) is 31.1 Å². The van der Waals surface area contributed by atoms with E-state index in [0.29, 0.717) is 0 Å². The number of thiol groups is 2. The van der Waals surface area contributed by atoms with Crippen molar-refractivity contribution >= 4 is 25.3 Å². The summed E-state index contributed by atoms with van der Waals surface area (Å²) in [6.07, 6.45) is 4.42. The van der Waals surface area contributed by atoms with Crippen LogP contribution >= 0.6 is 25.3 Å². The van der Waals surface area contributed by atoms with Gasteiger partial charge in [-0.3, -0.25) is 0 Å². The van der Waals surface area contributed by atoms with E-state index in [0.717, 1.165) is 37.2 Å². The smallest absolute Gasteiger partial charge is 0.0216 e. The molecular formula is C31H30S2. The van der Waals surface area contributed by atoms with Gasteiger partial charge in [0.05, 0.1) is 0 Å². The van der Waals surface area contributed by atoms with Crippen molar-refractivity contribution in [3.05, 3.63) is 108 Å². The molecule has 0 bridgehead atoms. The number of benzene rings is 4. The Bertz CT molecular complexity index is 1130. The van der Waals surface area contributed by atoms with Crippen LogP contribution in [0.25, 0.3) is 33.4 Å². The second kappa shape index (κ2) is 9.83. The summed E-state index contributed by atoms with van der Waals surface area (Å²) < 4.78 is 0. The van der Waals surface area contributed by atoms with Gasteiger partial charge in [0.1, 0.15) is 0 Å². The summed E-state index contributed by atoms with van der Waals surface area (Å²) in [6.45, 7) is 0. The third kappa shape index (κ3) is 4.16. The summed E-state index contributed by atoms with van der Waals surface area (Å²) in [5, 5.41) is 0. The van der Waals surface area contributed by atoms with Crippen LogP contribution in [0.4, 0.5) is 0 Å². The molecule has 0 saturated carbocycles. The van der Waals surface area contributed by atoms with Crippen molar-refractivity contribution in [1.29, 1.82) is 0 Å². The van der Waals surface area contributed by atoms with E-state index in [1.807, 2.05) is 0 Å². The average Bonchev–Trinajstić information content (AvgIpc) is 3.16. The van der Waals surface area contributed by atoms with Gasteiger partial charge in [0.25, 0.3) is 0 Å². The normalized spacial score (nSPS) is 13.5. The molecule has 0 aromatic heterocycles. The Morgan fingerprint density at radius 2 is 0.909 bits per heavy atom. The molecule has 0 unspecified atom stereocenters. The van der Waals surface area contributed by atoms with E-state index in [4.69, 9.17) is 0 Å². The Morgan fingerprint density at radius 3 is 1.30 bits per heavy atom. The highest BCUT2D eigenvalue weighted by atomic mass is 32.1. The van der Waals surface area contributed by atoms with Gasteiger partial charge in [-0.15, -0.1) is 0 Å². The molecule has 1 aliphatic rings. The molecule has 0 N–H and O–H groups in total. The first-order chi connectivity index (χ1) is 16.3. The van der Waals surface area contributed by atoms with Crippen LogP contribution in [-0.4, -0.2) is 11.5 Å². The third-order valence-corrected chi connectivity index (χ3v) is 7.73. The zero-order valence-electron chi connectivity index (χ0n) is 18.9. The van der Waals surface area contributed by atoms with Crippen molar-refractivity contribution in [2.75, 3.05) is 11.5 Å². The number of hydrogen-bond donors (Lipinski definition) is 2. The predicted octanol–water partition coefficient (Wildman–Crippen LogP) is 8.71. The van der Waals surface area contributed by atoms with Gasteiger partial charge in [0.2, 0.25) is 0 Å². The van der Waals surface area contributed by atoms with Crippen LogP contribution in [0, 0.1) is 0 Å². The predicted molar refractivity (Wildman–Crippen MR) is 150 cm³/mol. The van der Waals surface area contributed by atoms with Gasteiger partial charge in [-0.05, 0) is 93.8 Å². The van der Waals surface area contributed by atoms with Crippen molar-refractivity contribution < 1.29 is 0 Å². The number of fused-ring (bicyclic) bond motifs is 3. The molecule has 0 spiro atoms. The molecule has 4 aromatic rings. The van der Waals surface area contributed by atoms with E-state index in [1.165, 1.54) is 44.5 Å². The summed E-state index contributed by atoms with van der Waals surface area (Å²) in [4.78, 5) is 0. The molecule has 0 aliphatic heterocycles. The Balaban J connectivity index is 1.71. The molecule has 0 saturated heterocycles. The van der Waals surface area contributed by atoms with Gasteiger partial charge in [0, 0.05) is 5.41 Å². The maximum Gasteiger partial charge on any atom is 0.0216 e. The summed E-state index contributed by atoms with van der Waals surface area (Å²) in [5.74, 6) is 1.81. The fourth-order valence-electron chi connectivity index (χ4n) is 5.54. The zero-order chi connectivity index (χ0) is 22.7. The van der Waals surface area contributed by atoms with Gasteiger partial charge < -0.3 is 0 Å². The molecule has 4 aromatic carbocycles. The summed E-state index contributed by atoms with van der Waals surface area (Å²) in [6, 6.07) is 35.7. The summed E-state index contributed by atoms with van der Waals surface area (Å²) in [7, 11) is 0. The second-order valence-corrected chi connectivity index (χ2v) is 9.88. The first-order valence-corrected chi connectivity index (χ1v) is 13.2. The lowest BCUT2D eigenvalue weighted by molar-refractivity contribution is 0.439. The fraction of sp³-hybridized carbons (Fsp3) is 0.226. The quantitative estimate of drug-likeness (QED) is 0.238. The molecule has 0 fully saturated rings. The highest BCUT2D eigenvalue weighted by Gasteiger charge is 2.42. The van der Waals surface area contributed by atoms with E-state index in [2.05, 4.69) is 122 Å². The molecule has 166 valence electrons. The Labute approximate surface area is 208 Å². The number of hydrogen-bond acceptors (Lipinski definition) is 2. The van der Waals surface area contributed by atoms with Crippen molar-refractivity contribution in [1.82, 2.24) is 0 Å². The lowest BCUT2D eigenvalue weighted by atomic mass is 9.71. The SMILES string of the molecule is SCCCC1(CCCS)c2cc(-c3ccccc3)ccc2-c2ccc(-c3ccccc3)cc21.